The standard InChI is InChI=1S/C58H44N2/c1-3-17-47(18-4-1)59(57-39-45-15-7-9-21-51(45)53-23-11-13-25-55(53)57)49-35-31-43(32-36-49)41-27-29-42(30-28-41)44-33-37-50(38-34-44)60(48-19-5-2-6-20-48)58-40-46-16-8-10-22-52(46)54-24-12-14-26-56(54)58/h1-13,15-25,27-40,56,58H,14,26H2. The van der Waals surface area contributed by atoms with Crippen LogP contribution >= 0.6 is 0 Å². The molecule has 0 spiro atoms. The van der Waals surface area contributed by atoms with Crippen molar-refractivity contribution in [2.75, 3.05) is 9.80 Å². The molecule has 2 atom stereocenters. The molecule has 0 saturated heterocycles. The molecule has 0 fully saturated rings. The fraction of sp³-hybridized carbons (Fsp3) is 0.0690. The zero-order chi connectivity index (χ0) is 39.8. The molecule has 2 aliphatic carbocycles. The van der Waals surface area contributed by atoms with Gasteiger partial charge in [0.05, 0.1) is 11.7 Å². The fourth-order valence-corrected chi connectivity index (χ4v) is 9.65. The fourth-order valence-electron chi connectivity index (χ4n) is 9.65. The molecule has 2 aliphatic rings. The predicted octanol–water partition coefficient (Wildman–Crippen LogP) is 13.9. The second-order valence-corrected chi connectivity index (χ2v) is 16.0. The van der Waals surface area contributed by atoms with E-state index in [4.69, 9.17) is 0 Å². The molecule has 2 heteroatoms. The smallest absolute Gasteiger partial charge is 0.0600 e. The summed E-state index contributed by atoms with van der Waals surface area (Å²) in [5.74, 6) is 0.423. The first-order valence-corrected chi connectivity index (χ1v) is 21.2. The summed E-state index contributed by atoms with van der Waals surface area (Å²) < 4.78 is 0. The highest BCUT2D eigenvalue weighted by Crippen LogP contribution is 2.43. The number of para-hydroxylation sites is 2. The summed E-state index contributed by atoms with van der Waals surface area (Å²) in [7, 11) is 0. The van der Waals surface area contributed by atoms with Crippen molar-refractivity contribution < 1.29 is 0 Å². The first-order chi connectivity index (χ1) is 29.8. The van der Waals surface area contributed by atoms with Crippen molar-refractivity contribution in [1.82, 2.24) is 0 Å². The maximum absolute atomic E-state index is 2.55. The molecule has 0 saturated carbocycles. The third-order valence-electron chi connectivity index (χ3n) is 12.5. The Morgan fingerprint density at radius 1 is 0.417 bits per heavy atom. The van der Waals surface area contributed by atoms with Gasteiger partial charge in [-0.1, -0.05) is 176 Å². The van der Waals surface area contributed by atoms with Gasteiger partial charge in [-0.2, -0.15) is 0 Å². The number of anilines is 5. The number of hydrogen-bond acceptors (Lipinski definition) is 2. The van der Waals surface area contributed by atoms with E-state index >= 15 is 0 Å². The summed E-state index contributed by atoms with van der Waals surface area (Å²) >= 11 is 0. The summed E-state index contributed by atoms with van der Waals surface area (Å²) in [6.07, 6.45) is 9.48. The lowest BCUT2D eigenvalue weighted by Gasteiger charge is -2.40. The zero-order valence-electron chi connectivity index (χ0n) is 33.4. The van der Waals surface area contributed by atoms with Gasteiger partial charge in [0.2, 0.25) is 0 Å². The Morgan fingerprint density at radius 2 is 0.917 bits per heavy atom. The molecular formula is C58H44N2. The second kappa shape index (κ2) is 15.4. The first-order valence-electron chi connectivity index (χ1n) is 21.2. The molecule has 2 unspecified atom stereocenters. The Morgan fingerprint density at radius 3 is 1.60 bits per heavy atom. The molecular weight excluding hydrogens is 725 g/mol. The Hall–Kier alpha value is -7.42. The Kier molecular flexibility index (Phi) is 9.17. The normalized spacial score (nSPS) is 15.6. The molecule has 9 aromatic carbocycles. The van der Waals surface area contributed by atoms with Gasteiger partial charge in [0, 0.05) is 34.1 Å². The van der Waals surface area contributed by atoms with Crippen LogP contribution in [0, 0.1) is 5.92 Å². The number of allylic oxidation sites excluding steroid dienone is 2. The lowest BCUT2D eigenvalue weighted by molar-refractivity contribution is 0.546. The summed E-state index contributed by atoms with van der Waals surface area (Å²) in [5.41, 5.74) is 12.1. The van der Waals surface area contributed by atoms with Crippen molar-refractivity contribution in [2.45, 2.75) is 18.9 Å². The molecule has 11 rings (SSSR count). The van der Waals surface area contributed by atoms with Crippen molar-refractivity contribution in [3.05, 3.63) is 235 Å². The average molecular weight is 769 g/mol. The van der Waals surface area contributed by atoms with Crippen LogP contribution in [0.1, 0.15) is 12.8 Å². The minimum absolute atomic E-state index is 0.213. The number of rotatable bonds is 8. The summed E-state index contributed by atoms with van der Waals surface area (Å²) in [5, 5.41) is 7.69. The van der Waals surface area contributed by atoms with Crippen LogP contribution in [0.2, 0.25) is 0 Å². The second-order valence-electron chi connectivity index (χ2n) is 16.0. The van der Waals surface area contributed by atoms with Gasteiger partial charge < -0.3 is 9.80 Å². The van der Waals surface area contributed by atoms with Crippen molar-refractivity contribution in [2.24, 2.45) is 5.92 Å². The molecule has 0 N–H and O–H groups in total. The van der Waals surface area contributed by atoms with E-state index in [1.807, 2.05) is 0 Å². The van der Waals surface area contributed by atoms with Crippen LogP contribution in [0.15, 0.2) is 224 Å². The molecule has 0 heterocycles. The number of fused-ring (bicyclic) bond motifs is 5. The minimum atomic E-state index is 0.213. The van der Waals surface area contributed by atoms with E-state index in [1.165, 1.54) is 76.9 Å². The van der Waals surface area contributed by atoms with E-state index in [2.05, 4.69) is 240 Å². The Balaban J connectivity index is 0.895. The van der Waals surface area contributed by atoms with E-state index < -0.39 is 0 Å². The third kappa shape index (κ3) is 6.47. The van der Waals surface area contributed by atoms with Gasteiger partial charge in [-0.15, -0.1) is 0 Å². The highest BCUT2D eigenvalue weighted by atomic mass is 15.2. The zero-order valence-corrected chi connectivity index (χ0v) is 33.4. The van der Waals surface area contributed by atoms with E-state index in [0.717, 1.165) is 24.2 Å². The number of benzene rings is 9. The summed E-state index contributed by atoms with van der Waals surface area (Å²) in [4.78, 5) is 4.94. The van der Waals surface area contributed by atoms with Crippen LogP contribution in [0.4, 0.5) is 28.4 Å². The first kappa shape index (κ1) is 35.7. The van der Waals surface area contributed by atoms with E-state index in [0.29, 0.717) is 5.92 Å². The largest absolute Gasteiger partial charge is 0.334 e. The van der Waals surface area contributed by atoms with Crippen LogP contribution < -0.4 is 20.2 Å². The van der Waals surface area contributed by atoms with E-state index in [9.17, 15) is 0 Å². The maximum Gasteiger partial charge on any atom is 0.0600 e. The van der Waals surface area contributed by atoms with E-state index in [-0.39, 0.29) is 6.04 Å². The van der Waals surface area contributed by atoms with E-state index in [1.54, 1.807) is 0 Å². The highest BCUT2D eigenvalue weighted by molar-refractivity contribution is 6.14. The van der Waals surface area contributed by atoms with Crippen LogP contribution in [0.25, 0.3) is 55.4 Å². The van der Waals surface area contributed by atoms with Crippen molar-refractivity contribution >= 4 is 61.6 Å². The van der Waals surface area contributed by atoms with Crippen LogP contribution in [0.5, 0.6) is 0 Å². The van der Waals surface area contributed by atoms with Gasteiger partial charge in [0.25, 0.3) is 0 Å². The van der Waals surface area contributed by atoms with Crippen LogP contribution in [0.3, 0.4) is 0 Å². The molecule has 0 radical (unpaired) electrons. The SMILES string of the molecule is C1=CC2=c3ccccc3=CC(N(c3ccccc3)c3ccc(-c4ccc(-c5ccc(N(c6ccccc6)c6cc7ccccc7c7ccccc67)cc5)cc4)cc3)C2CC1. The number of hydrogen-bond donors (Lipinski definition) is 0. The highest BCUT2D eigenvalue weighted by Gasteiger charge is 2.32. The van der Waals surface area contributed by atoms with Gasteiger partial charge in [-0.3, -0.25) is 0 Å². The Labute approximate surface area is 351 Å². The average Bonchev–Trinajstić information content (AvgIpc) is 3.33. The van der Waals surface area contributed by atoms with Gasteiger partial charge >= 0.3 is 0 Å². The molecule has 0 aromatic heterocycles. The van der Waals surface area contributed by atoms with Gasteiger partial charge in [-0.05, 0) is 122 Å². The quantitative estimate of drug-likeness (QED) is 0.142. The summed E-state index contributed by atoms with van der Waals surface area (Å²) in [6.45, 7) is 0. The van der Waals surface area contributed by atoms with Crippen LogP contribution in [-0.4, -0.2) is 6.04 Å². The van der Waals surface area contributed by atoms with Gasteiger partial charge in [0.1, 0.15) is 0 Å². The van der Waals surface area contributed by atoms with Crippen LogP contribution in [-0.2, 0) is 0 Å². The molecule has 0 aliphatic heterocycles. The molecule has 0 bridgehead atoms. The lowest BCUT2D eigenvalue weighted by Crippen LogP contribution is -2.46. The van der Waals surface area contributed by atoms with Crippen molar-refractivity contribution in [3.63, 3.8) is 0 Å². The minimum Gasteiger partial charge on any atom is -0.334 e. The Bertz CT molecular complexity index is 3130. The molecule has 286 valence electrons. The van der Waals surface area contributed by atoms with Gasteiger partial charge in [0.15, 0.2) is 0 Å². The van der Waals surface area contributed by atoms with Crippen molar-refractivity contribution in [3.8, 4) is 22.3 Å². The molecule has 2 nitrogen and oxygen atoms in total. The monoisotopic (exact) mass is 768 g/mol. The third-order valence-corrected chi connectivity index (χ3v) is 12.5. The lowest BCUT2D eigenvalue weighted by atomic mass is 9.78. The molecule has 9 aromatic rings. The topological polar surface area (TPSA) is 6.48 Å². The maximum atomic E-state index is 2.55. The summed E-state index contributed by atoms with van der Waals surface area (Å²) in [6, 6.07) is 77.7. The van der Waals surface area contributed by atoms with Gasteiger partial charge in [-0.25, -0.2) is 0 Å². The number of nitrogens with zero attached hydrogens (tertiary/aromatic N) is 2. The predicted molar refractivity (Wildman–Crippen MR) is 255 cm³/mol. The molecule has 60 heavy (non-hydrogen) atoms. The molecule has 0 amide bonds. The van der Waals surface area contributed by atoms with Crippen molar-refractivity contribution in [1.29, 1.82) is 0 Å².